The molecule has 31 heavy (non-hydrogen) atoms. The van der Waals surface area contributed by atoms with Crippen LogP contribution in [0.5, 0.6) is 0 Å². The molecule has 2 aliphatic heterocycles. The Balaban J connectivity index is 1.74. The first-order valence-corrected chi connectivity index (χ1v) is 9.75. The lowest BCUT2D eigenvalue weighted by Gasteiger charge is -2.28. The summed E-state index contributed by atoms with van der Waals surface area (Å²) in [6.07, 6.45) is -5.75. The third kappa shape index (κ3) is 3.38. The highest BCUT2D eigenvalue weighted by Crippen LogP contribution is 2.46. The first-order valence-electron chi connectivity index (χ1n) is 9.75. The third-order valence-electron chi connectivity index (χ3n) is 5.57. The minimum Gasteiger partial charge on any atom is -0.431 e. The van der Waals surface area contributed by atoms with Crippen molar-refractivity contribution in [2.24, 2.45) is 0 Å². The number of cyclic esters (lactones) is 1. The van der Waals surface area contributed by atoms with Crippen molar-refractivity contribution in [2.45, 2.75) is 31.2 Å². The van der Waals surface area contributed by atoms with Crippen LogP contribution in [-0.2, 0) is 4.74 Å². The Morgan fingerprint density at radius 1 is 1.16 bits per heavy atom. The van der Waals surface area contributed by atoms with Gasteiger partial charge in [-0.25, -0.2) is 14.2 Å². The molecule has 0 aliphatic carbocycles. The van der Waals surface area contributed by atoms with Gasteiger partial charge in [0.25, 0.3) is 0 Å². The molecule has 0 unspecified atom stereocenters. The molecule has 2 N–H and O–H groups in total. The van der Waals surface area contributed by atoms with Gasteiger partial charge in [-0.1, -0.05) is 0 Å². The average molecular weight is 435 g/mol. The highest BCUT2D eigenvalue weighted by atomic mass is 19.4. The number of piperidine rings is 1. The van der Waals surface area contributed by atoms with Crippen molar-refractivity contribution in [2.75, 3.05) is 18.4 Å². The Bertz CT molecular complexity index is 1170. The van der Waals surface area contributed by atoms with E-state index in [9.17, 15) is 22.4 Å². The zero-order chi connectivity index (χ0) is 21.8. The summed E-state index contributed by atoms with van der Waals surface area (Å²) in [6.45, 7) is 1.52. The first-order chi connectivity index (χ1) is 14.8. The third-order valence-corrected chi connectivity index (χ3v) is 5.57. The van der Waals surface area contributed by atoms with Crippen LogP contribution >= 0.6 is 0 Å². The van der Waals surface area contributed by atoms with Crippen LogP contribution in [0.2, 0.25) is 0 Å². The number of pyridine rings is 1. The lowest BCUT2D eigenvalue weighted by molar-refractivity contribution is -0.206. The van der Waals surface area contributed by atoms with E-state index in [1.54, 1.807) is 4.68 Å². The van der Waals surface area contributed by atoms with Gasteiger partial charge >= 0.3 is 12.3 Å². The van der Waals surface area contributed by atoms with E-state index in [1.165, 1.54) is 30.5 Å². The van der Waals surface area contributed by atoms with E-state index in [0.29, 0.717) is 10.9 Å². The first kappa shape index (κ1) is 19.7. The average Bonchev–Trinajstić information content (AvgIpc) is 3.11. The number of carbonyl (C=O) groups is 1. The second kappa shape index (κ2) is 7.19. The Labute approximate surface area is 173 Å². The van der Waals surface area contributed by atoms with Gasteiger partial charge in [0.1, 0.15) is 17.3 Å². The van der Waals surface area contributed by atoms with Gasteiger partial charge in [0.15, 0.2) is 0 Å². The molecule has 1 saturated heterocycles. The summed E-state index contributed by atoms with van der Waals surface area (Å²) >= 11 is 0. The number of carbonyl (C=O) groups excluding carboxylic acids is 1. The molecule has 4 heterocycles. The fourth-order valence-electron chi connectivity index (χ4n) is 4.21. The van der Waals surface area contributed by atoms with Crippen LogP contribution in [0.25, 0.3) is 22.2 Å². The lowest BCUT2D eigenvalue weighted by Crippen LogP contribution is -2.34. The zero-order valence-electron chi connectivity index (χ0n) is 16.0. The van der Waals surface area contributed by atoms with E-state index in [0.717, 1.165) is 25.9 Å². The second-order valence-corrected chi connectivity index (χ2v) is 7.51. The summed E-state index contributed by atoms with van der Waals surface area (Å²) in [5.41, 5.74) is 0.547. The molecule has 0 saturated carbocycles. The van der Waals surface area contributed by atoms with Gasteiger partial charge in [-0.2, -0.15) is 18.3 Å². The summed E-state index contributed by atoms with van der Waals surface area (Å²) in [5, 5.41) is 10.6. The Hall–Kier alpha value is -3.21. The van der Waals surface area contributed by atoms with Crippen molar-refractivity contribution in [3.63, 3.8) is 0 Å². The number of hydrogen-bond acceptors (Lipinski definition) is 5. The van der Waals surface area contributed by atoms with Gasteiger partial charge in [0.2, 0.25) is 6.10 Å². The standard InChI is InChI=1S/C20H17F4N5O2/c21-10-1-2-12-14(9-10)29(11-3-6-25-7-4-11)28-16(12)13-5-8-26-18-15(13)17(20(22,23)24)31-19(30)27-18/h1-2,5,8-9,11,17,25H,3-4,6-7H2,(H,26,27,30)/t17-/m1/s1. The number of fused-ring (bicyclic) bond motifs is 2. The van der Waals surface area contributed by atoms with Crippen molar-refractivity contribution in [3.05, 3.63) is 41.8 Å². The topological polar surface area (TPSA) is 81.1 Å². The summed E-state index contributed by atoms with van der Waals surface area (Å²) in [4.78, 5) is 15.5. The Morgan fingerprint density at radius 2 is 1.94 bits per heavy atom. The molecule has 0 radical (unpaired) electrons. The maximum absolute atomic E-state index is 14.1. The number of aromatic nitrogens is 3. The maximum atomic E-state index is 14.1. The van der Waals surface area contributed by atoms with Gasteiger partial charge in [0.05, 0.1) is 17.1 Å². The van der Waals surface area contributed by atoms with Crippen molar-refractivity contribution in [1.82, 2.24) is 20.1 Å². The van der Waals surface area contributed by atoms with E-state index in [2.05, 4.69) is 25.5 Å². The summed E-state index contributed by atoms with van der Waals surface area (Å²) in [5.74, 6) is -0.697. The summed E-state index contributed by atoms with van der Waals surface area (Å²) in [6, 6.07) is 5.46. The van der Waals surface area contributed by atoms with Crippen molar-refractivity contribution in [3.8, 4) is 11.3 Å². The number of alkyl halides is 3. The van der Waals surface area contributed by atoms with E-state index in [-0.39, 0.29) is 28.7 Å². The maximum Gasteiger partial charge on any atom is 0.430 e. The number of rotatable bonds is 2. The molecule has 1 fully saturated rings. The largest absolute Gasteiger partial charge is 0.431 e. The van der Waals surface area contributed by atoms with E-state index in [4.69, 9.17) is 0 Å². The second-order valence-electron chi connectivity index (χ2n) is 7.51. The fraction of sp³-hybridized carbons (Fsp3) is 0.350. The normalized spacial score (nSPS) is 19.7. The van der Waals surface area contributed by atoms with Crippen LogP contribution in [0.4, 0.5) is 28.2 Å². The zero-order valence-corrected chi connectivity index (χ0v) is 16.0. The molecular weight excluding hydrogens is 418 g/mol. The Kier molecular flexibility index (Phi) is 4.58. The summed E-state index contributed by atoms with van der Waals surface area (Å²) < 4.78 is 61.5. The molecule has 3 aromatic rings. The predicted octanol–water partition coefficient (Wildman–Crippen LogP) is 4.33. The smallest absolute Gasteiger partial charge is 0.430 e. The monoisotopic (exact) mass is 435 g/mol. The predicted molar refractivity (Wildman–Crippen MR) is 103 cm³/mol. The van der Waals surface area contributed by atoms with Crippen LogP contribution in [0.15, 0.2) is 30.5 Å². The minimum absolute atomic E-state index is 0.0219. The van der Waals surface area contributed by atoms with E-state index in [1.807, 2.05) is 0 Å². The van der Waals surface area contributed by atoms with Gasteiger partial charge in [0, 0.05) is 17.1 Å². The van der Waals surface area contributed by atoms with Crippen molar-refractivity contribution in [1.29, 1.82) is 0 Å². The van der Waals surface area contributed by atoms with Gasteiger partial charge < -0.3 is 10.1 Å². The molecule has 2 aliphatic rings. The number of nitrogens with one attached hydrogen (secondary N) is 2. The van der Waals surface area contributed by atoms with Gasteiger partial charge in [-0.3, -0.25) is 10.00 Å². The molecule has 1 atom stereocenters. The molecule has 1 aromatic carbocycles. The molecule has 5 rings (SSSR count). The lowest BCUT2D eigenvalue weighted by atomic mass is 9.97. The summed E-state index contributed by atoms with van der Waals surface area (Å²) in [7, 11) is 0. The van der Waals surface area contributed by atoms with Crippen LogP contribution in [-0.4, -0.2) is 40.1 Å². The highest BCUT2D eigenvalue weighted by molar-refractivity contribution is 5.97. The van der Waals surface area contributed by atoms with Crippen LogP contribution in [0, 0.1) is 5.82 Å². The Morgan fingerprint density at radius 3 is 2.68 bits per heavy atom. The van der Waals surface area contributed by atoms with Gasteiger partial charge in [-0.05, 0) is 50.2 Å². The molecule has 0 bridgehead atoms. The highest BCUT2D eigenvalue weighted by Gasteiger charge is 2.49. The van der Waals surface area contributed by atoms with E-state index >= 15 is 0 Å². The number of benzene rings is 1. The number of nitrogens with zero attached hydrogens (tertiary/aromatic N) is 3. The number of halogens is 4. The SMILES string of the molecule is O=C1Nc2nccc(-c3nn(C4CCNCC4)c4cc(F)ccc34)c2[C@H](C(F)(F)F)O1. The number of hydrogen-bond donors (Lipinski definition) is 2. The van der Waals surface area contributed by atoms with Crippen LogP contribution in [0.3, 0.4) is 0 Å². The fourth-order valence-corrected chi connectivity index (χ4v) is 4.21. The quantitative estimate of drug-likeness (QED) is 0.586. The molecular formula is C20H17F4N5O2. The number of anilines is 1. The molecule has 11 heteroatoms. The van der Waals surface area contributed by atoms with Crippen molar-refractivity contribution >= 4 is 22.8 Å². The molecule has 2 aromatic heterocycles. The number of amides is 1. The van der Waals surface area contributed by atoms with Gasteiger partial charge in [-0.15, -0.1) is 0 Å². The minimum atomic E-state index is -4.84. The molecule has 0 spiro atoms. The molecule has 1 amide bonds. The van der Waals surface area contributed by atoms with Crippen LogP contribution < -0.4 is 10.6 Å². The molecule has 162 valence electrons. The van der Waals surface area contributed by atoms with E-state index < -0.39 is 24.2 Å². The van der Waals surface area contributed by atoms with Crippen molar-refractivity contribution < 1.29 is 27.1 Å². The number of ether oxygens (including phenoxy) is 1. The molecule has 7 nitrogen and oxygen atoms in total. The van der Waals surface area contributed by atoms with Crippen LogP contribution in [0.1, 0.15) is 30.6 Å².